The third kappa shape index (κ3) is 3.24. The van der Waals surface area contributed by atoms with E-state index >= 15 is 0 Å². The molecule has 1 aromatic rings. The lowest BCUT2D eigenvalue weighted by Gasteiger charge is -2.36. The van der Waals surface area contributed by atoms with E-state index in [1.165, 1.54) is 6.07 Å². The van der Waals surface area contributed by atoms with E-state index in [1.54, 1.807) is 6.07 Å². The highest BCUT2D eigenvalue weighted by molar-refractivity contribution is 5.79. The minimum atomic E-state index is -0.192. The summed E-state index contributed by atoms with van der Waals surface area (Å²) in [6, 6.07) is 3.22. The molecule has 2 N–H and O–H groups in total. The number of amides is 1. The zero-order valence-corrected chi connectivity index (χ0v) is 12.0. The maximum Gasteiger partial charge on any atom is 0.264 e. The highest BCUT2D eigenvalue weighted by Crippen LogP contribution is 2.22. The second-order valence-electron chi connectivity index (χ2n) is 5.62. The minimum absolute atomic E-state index is 0.127. The molecule has 7 nitrogen and oxygen atoms in total. The van der Waals surface area contributed by atoms with Crippen molar-refractivity contribution < 1.29 is 4.79 Å². The van der Waals surface area contributed by atoms with Gasteiger partial charge in [-0.15, -0.1) is 0 Å². The molecule has 3 rings (SSSR count). The molecule has 2 aliphatic heterocycles. The molecule has 0 radical (unpaired) electrons. The largest absolute Gasteiger partial charge is 0.355 e. The predicted octanol–water partition coefficient (Wildman–Crippen LogP) is -0.582. The molecule has 0 atom stereocenters. The van der Waals surface area contributed by atoms with Crippen molar-refractivity contribution in [3.05, 3.63) is 22.5 Å². The van der Waals surface area contributed by atoms with Crippen LogP contribution in [-0.4, -0.2) is 60.3 Å². The summed E-state index contributed by atoms with van der Waals surface area (Å²) in [4.78, 5) is 27.6. The first-order valence-electron chi connectivity index (χ1n) is 7.54. The van der Waals surface area contributed by atoms with E-state index in [4.69, 9.17) is 0 Å². The number of anilines is 1. The van der Waals surface area contributed by atoms with E-state index in [9.17, 15) is 9.59 Å². The van der Waals surface area contributed by atoms with Gasteiger partial charge < -0.3 is 15.1 Å². The molecule has 2 fully saturated rings. The summed E-state index contributed by atoms with van der Waals surface area (Å²) in [5, 5.41) is 9.77. The zero-order valence-electron chi connectivity index (χ0n) is 12.0. The third-order valence-corrected chi connectivity index (χ3v) is 4.26. The molecule has 7 heteroatoms. The fraction of sp³-hybridized carbons (Fsp3) is 0.643. The van der Waals surface area contributed by atoms with E-state index in [0.29, 0.717) is 5.91 Å². The number of carbonyl (C=O) groups excluding carboxylic acids is 1. The molecular formula is C14H21N5O2. The number of H-pyrrole nitrogens is 1. The molecule has 0 spiro atoms. The van der Waals surface area contributed by atoms with E-state index in [-0.39, 0.29) is 11.5 Å². The third-order valence-electron chi connectivity index (χ3n) is 4.26. The van der Waals surface area contributed by atoms with Crippen LogP contribution in [0.3, 0.4) is 0 Å². The summed E-state index contributed by atoms with van der Waals surface area (Å²) in [5.41, 5.74) is -0.192. The van der Waals surface area contributed by atoms with Crippen molar-refractivity contribution in [2.45, 2.75) is 12.8 Å². The van der Waals surface area contributed by atoms with Crippen LogP contribution in [0.15, 0.2) is 16.9 Å². The fourth-order valence-electron chi connectivity index (χ4n) is 3.01. The van der Waals surface area contributed by atoms with Crippen molar-refractivity contribution in [1.29, 1.82) is 0 Å². The number of hydrogen-bond donors (Lipinski definition) is 2. The number of piperazine rings is 1. The molecule has 2 saturated heterocycles. The van der Waals surface area contributed by atoms with Crippen molar-refractivity contribution in [1.82, 2.24) is 20.4 Å². The molecule has 1 aromatic heterocycles. The Morgan fingerprint density at radius 2 is 1.86 bits per heavy atom. The van der Waals surface area contributed by atoms with Gasteiger partial charge in [0, 0.05) is 51.3 Å². The van der Waals surface area contributed by atoms with Crippen LogP contribution in [0.5, 0.6) is 0 Å². The fourth-order valence-corrected chi connectivity index (χ4v) is 3.01. The summed E-state index contributed by atoms with van der Waals surface area (Å²) in [6.45, 7) is 5.04. The van der Waals surface area contributed by atoms with Crippen LogP contribution < -0.4 is 15.8 Å². The van der Waals surface area contributed by atoms with Crippen molar-refractivity contribution in [2.24, 2.45) is 5.92 Å². The first-order chi connectivity index (χ1) is 10.2. The maximum absolute atomic E-state index is 12.5. The lowest BCUT2D eigenvalue weighted by Crippen LogP contribution is -2.50. The lowest BCUT2D eigenvalue weighted by molar-refractivity contribution is -0.136. The van der Waals surface area contributed by atoms with Crippen LogP contribution in [-0.2, 0) is 4.79 Å². The highest BCUT2D eigenvalue weighted by Gasteiger charge is 2.29. The van der Waals surface area contributed by atoms with Crippen LogP contribution in [0, 0.1) is 5.92 Å². The molecule has 1 amide bonds. The standard InChI is InChI=1S/C14H21N5O2/c20-13-2-1-12(16-17-13)18-7-3-11(4-8-18)14(21)19-9-5-15-6-10-19/h1-2,11,15H,3-10H2,(H,17,20). The van der Waals surface area contributed by atoms with Gasteiger partial charge in [0.05, 0.1) is 0 Å². The average molecular weight is 291 g/mol. The Balaban J connectivity index is 1.56. The molecule has 0 saturated carbocycles. The first-order valence-corrected chi connectivity index (χ1v) is 7.54. The highest BCUT2D eigenvalue weighted by atomic mass is 16.2. The van der Waals surface area contributed by atoms with Gasteiger partial charge in [0.2, 0.25) is 5.91 Å². The summed E-state index contributed by atoms with van der Waals surface area (Å²) >= 11 is 0. The number of carbonyl (C=O) groups is 1. The number of rotatable bonds is 2. The van der Waals surface area contributed by atoms with Crippen molar-refractivity contribution in [3.63, 3.8) is 0 Å². The van der Waals surface area contributed by atoms with Gasteiger partial charge >= 0.3 is 0 Å². The monoisotopic (exact) mass is 291 g/mol. The second kappa shape index (κ2) is 6.26. The van der Waals surface area contributed by atoms with E-state index in [1.807, 2.05) is 4.90 Å². The smallest absolute Gasteiger partial charge is 0.264 e. The van der Waals surface area contributed by atoms with Crippen molar-refractivity contribution >= 4 is 11.7 Å². The Morgan fingerprint density at radius 1 is 1.14 bits per heavy atom. The molecule has 0 aromatic carbocycles. The van der Waals surface area contributed by atoms with Gasteiger partial charge in [-0.05, 0) is 18.9 Å². The Bertz CT molecular complexity index is 524. The predicted molar refractivity (Wildman–Crippen MR) is 79.2 cm³/mol. The van der Waals surface area contributed by atoms with Gasteiger partial charge in [0.1, 0.15) is 5.82 Å². The number of nitrogens with zero attached hydrogens (tertiary/aromatic N) is 3. The Kier molecular flexibility index (Phi) is 4.19. The Hall–Kier alpha value is -1.89. The van der Waals surface area contributed by atoms with Crippen molar-refractivity contribution in [2.75, 3.05) is 44.2 Å². The number of aromatic nitrogens is 2. The molecule has 2 aliphatic rings. The van der Waals surface area contributed by atoms with Gasteiger partial charge in [-0.25, -0.2) is 5.10 Å². The lowest BCUT2D eigenvalue weighted by atomic mass is 9.95. The average Bonchev–Trinajstić information content (AvgIpc) is 2.56. The Morgan fingerprint density at radius 3 is 2.48 bits per heavy atom. The summed E-state index contributed by atoms with van der Waals surface area (Å²) < 4.78 is 0. The second-order valence-corrected chi connectivity index (χ2v) is 5.62. The summed E-state index contributed by atoms with van der Waals surface area (Å²) in [6.07, 6.45) is 1.70. The van der Waals surface area contributed by atoms with Crippen LogP contribution in [0.4, 0.5) is 5.82 Å². The van der Waals surface area contributed by atoms with Crippen LogP contribution in [0.25, 0.3) is 0 Å². The number of nitrogens with one attached hydrogen (secondary N) is 2. The van der Waals surface area contributed by atoms with Crippen LogP contribution in [0.2, 0.25) is 0 Å². The molecule has 0 aliphatic carbocycles. The minimum Gasteiger partial charge on any atom is -0.355 e. The van der Waals surface area contributed by atoms with Gasteiger partial charge in [-0.1, -0.05) is 0 Å². The number of piperidine rings is 1. The molecule has 114 valence electrons. The van der Waals surface area contributed by atoms with Crippen LogP contribution in [0.1, 0.15) is 12.8 Å². The normalized spacial score (nSPS) is 20.6. The van der Waals surface area contributed by atoms with Gasteiger partial charge in [0.25, 0.3) is 5.56 Å². The molecule has 3 heterocycles. The quantitative estimate of drug-likeness (QED) is 0.762. The molecule has 0 bridgehead atoms. The summed E-state index contributed by atoms with van der Waals surface area (Å²) in [7, 11) is 0. The van der Waals surface area contributed by atoms with E-state index in [0.717, 1.165) is 57.9 Å². The Labute approximate surface area is 123 Å². The number of aromatic amines is 1. The van der Waals surface area contributed by atoms with Gasteiger partial charge in [-0.3, -0.25) is 9.59 Å². The first kappa shape index (κ1) is 14.1. The van der Waals surface area contributed by atoms with Gasteiger partial charge in [0.15, 0.2) is 0 Å². The zero-order chi connectivity index (χ0) is 14.7. The number of hydrogen-bond acceptors (Lipinski definition) is 5. The van der Waals surface area contributed by atoms with E-state index in [2.05, 4.69) is 20.4 Å². The molecule has 0 unspecified atom stereocenters. The van der Waals surface area contributed by atoms with E-state index < -0.39 is 0 Å². The van der Waals surface area contributed by atoms with Gasteiger partial charge in [-0.2, -0.15) is 5.10 Å². The SMILES string of the molecule is O=C(C1CCN(c2ccc(=O)[nH]n2)CC1)N1CCNCC1. The maximum atomic E-state index is 12.5. The van der Waals surface area contributed by atoms with Crippen molar-refractivity contribution in [3.8, 4) is 0 Å². The topological polar surface area (TPSA) is 81.3 Å². The molecular weight excluding hydrogens is 270 g/mol. The summed E-state index contributed by atoms with van der Waals surface area (Å²) in [5.74, 6) is 1.20. The van der Waals surface area contributed by atoms with Crippen LogP contribution >= 0.6 is 0 Å². The molecule has 21 heavy (non-hydrogen) atoms.